The first-order valence-electron chi connectivity index (χ1n) is 3.98. The number of hydrogen-bond donors (Lipinski definition) is 1. The van der Waals surface area contributed by atoms with Gasteiger partial charge in [-0.05, 0) is 17.5 Å². The van der Waals surface area contributed by atoms with Gasteiger partial charge in [-0.15, -0.1) is 0 Å². The van der Waals surface area contributed by atoms with Gasteiger partial charge >= 0.3 is 0 Å². The first-order valence-corrected chi connectivity index (χ1v) is 6.20. The van der Waals surface area contributed by atoms with Crippen LogP contribution in [0.4, 0.5) is 5.69 Å². The van der Waals surface area contributed by atoms with E-state index in [1.165, 1.54) is 21.4 Å². The molecule has 0 saturated heterocycles. The predicted octanol–water partition coefficient (Wildman–Crippen LogP) is -0.897. The molecular weight excluding hydrogens is 236 g/mol. The van der Waals surface area contributed by atoms with E-state index in [0.717, 1.165) is 0 Å². The maximum atomic E-state index is 4.15. The summed E-state index contributed by atoms with van der Waals surface area (Å²) in [6.45, 7) is 0. The number of hydrogen-bond acceptors (Lipinski definition) is 3. The molecule has 2 nitrogen and oxygen atoms in total. The van der Waals surface area contributed by atoms with Crippen molar-refractivity contribution < 1.29 is 17.1 Å². The second-order valence-corrected chi connectivity index (χ2v) is 4.96. The number of pyridine rings is 1. The lowest BCUT2D eigenvalue weighted by molar-refractivity contribution is -0.374. The van der Waals surface area contributed by atoms with Gasteiger partial charge in [-0.3, -0.25) is 4.98 Å². The van der Waals surface area contributed by atoms with Gasteiger partial charge in [0.1, 0.15) is 0 Å². The molecule has 72 valence electrons. The number of rotatable bonds is 0. The summed E-state index contributed by atoms with van der Waals surface area (Å²) in [5.74, 6) is 0. The average molecular weight is 243 g/mol. The zero-order chi connectivity index (χ0) is 8.67. The monoisotopic (exact) mass is 242 g/mol. The van der Waals surface area contributed by atoms with E-state index >= 15 is 0 Å². The molecule has 0 unspecified atom stereocenters. The topological polar surface area (TPSA) is 29.5 Å². The Hall–Kier alpha value is -0.420. The van der Waals surface area contributed by atoms with Crippen LogP contribution in [-0.4, -0.2) is 4.98 Å². The molecule has 0 amide bonds. The molecule has 1 aromatic carbocycles. The predicted molar refractivity (Wildman–Crippen MR) is 56.8 cm³/mol. The van der Waals surface area contributed by atoms with Crippen LogP contribution in [0, 0.1) is 0 Å². The SMILES string of the molecule is [Cl-].c1cc2ccc3c(c2cn1)SS[NH2+]3. The lowest BCUT2D eigenvalue weighted by Gasteiger charge is -1.98. The number of quaternary nitrogens is 1. The normalized spacial score (nSPS) is 13.7. The van der Waals surface area contributed by atoms with Gasteiger partial charge in [0.25, 0.3) is 0 Å². The van der Waals surface area contributed by atoms with Crippen molar-refractivity contribution in [2.75, 3.05) is 0 Å². The Morgan fingerprint density at radius 2 is 2.14 bits per heavy atom. The van der Waals surface area contributed by atoms with Gasteiger partial charge in [0.2, 0.25) is 0 Å². The number of benzene rings is 1. The Labute approximate surface area is 95.8 Å². The van der Waals surface area contributed by atoms with E-state index in [4.69, 9.17) is 0 Å². The van der Waals surface area contributed by atoms with E-state index in [9.17, 15) is 0 Å². The minimum absolute atomic E-state index is 0. The van der Waals surface area contributed by atoms with Crippen molar-refractivity contribution >= 4 is 38.2 Å². The van der Waals surface area contributed by atoms with Crippen LogP contribution in [0.1, 0.15) is 0 Å². The van der Waals surface area contributed by atoms with E-state index in [0.29, 0.717) is 0 Å². The molecule has 1 aliphatic heterocycles. The van der Waals surface area contributed by atoms with Crippen molar-refractivity contribution in [3.8, 4) is 0 Å². The number of halogens is 1. The van der Waals surface area contributed by atoms with Crippen LogP contribution in [0.2, 0.25) is 0 Å². The molecule has 0 radical (unpaired) electrons. The molecule has 0 aliphatic carbocycles. The van der Waals surface area contributed by atoms with Crippen LogP contribution >= 0.6 is 21.8 Å². The van der Waals surface area contributed by atoms with Crippen LogP contribution in [0.15, 0.2) is 35.5 Å². The Morgan fingerprint density at radius 3 is 3.07 bits per heavy atom. The summed E-state index contributed by atoms with van der Waals surface area (Å²) in [6, 6.07) is 6.38. The van der Waals surface area contributed by atoms with Gasteiger partial charge in [0, 0.05) is 34.6 Å². The Morgan fingerprint density at radius 1 is 1.21 bits per heavy atom. The van der Waals surface area contributed by atoms with Gasteiger partial charge in [-0.2, -0.15) is 0 Å². The molecule has 2 N–H and O–H groups in total. The van der Waals surface area contributed by atoms with Crippen LogP contribution in [0.25, 0.3) is 10.8 Å². The van der Waals surface area contributed by atoms with Gasteiger partial charge in [0.15, 0.2) is 16.7 Å². The summed E-state index contributed by atoms with van der Waals surface area (Å²) in [6.07, 6.45) is 3.78. The first kappa shape index (κ1) is 10.1. The van der Waals surface area contributed by atoms with Gasteiger partial charge in [-0.25, -0.2) is 4.72 Å². The summed E-state index contributed by atoms with van der Waals surface area (Å²) in [4.78, 5) is 5.51. The molecule has 5 heteroatoms. The van der Waals surface area contributed by atoms with Crippen molar-refractivity contribution in [3.05, 3.63) is 30.6 Å². The van der Waals surface area contributed by atoms with Gasteiger partial charge in [-0.1, -0.05) is 0 Å². The highest BCUT2D eigenvalue weighted by atomic mass is 35.5. The Bertz CT molecular complexity index is 475. The van der Waals surface area contributed by atoms with Crippen LogP contribution < -0.4 is 17.1 Å². The third-order valence-corrected chi connectivity index (χ3v) is 4.26. The fourth-order valence-corrected chi connectivity index (χ4v) is 3.77. The summed E-state index contributed by atoms with van der Waals surface area (Å²) < 4.78 is 2.19. The minimum atomic E-state index is 0. The molecule has 1 aromatic heterocycles. The van der Waals surface area contributed by atoms with Crippen LogP contribution in [0.3, 0.4) is 0 Å². The number of aromatic nitrogens is 1. The molecule has 3 rings (SSSR count). The zero-order valence-corrected chi connectivity index (χ0v) is 9.49. The molecule has 0 bridgehead atoms. The minimum Gasteiger partial charge on any atom is -1.00 e. The summed E-state index contributed by atoms with van der Waals surface area (Å²) in [5, 5.41) is 2.54. The van der Waals surface area contributed by atoms with Gasteiger partial charge in [0.05, 0.1) is 4.90 Å². The molecule has 2 aromatic rings. The van der Waals surface area contributed by atoms with Crippen LogP contribution in [-0.2, 0) is 0 Å². The average Bonchev–Trinajstić information content (AvgIpc) is 2.65. The second kappa shape index (κ2) is 3.98. The largest absolute Gasteiger partial charge is 1.00 e. The van der Waals surface area contributed by atoms with E-state index in [1.54, 1.807) is 11.0 Å². The fraction of sp³-hybridized carbons (Fsp3) is 0. The molecular formula is C9H7ClN2S2. The zero-order valence-electron chi connectivity index (χ0n) is 7.11. The van der Waals surface area contributed by atoms with Crippen molar-refractivity contribution in [2.24, 2.45) is 0 Å². The van der Waals surface area contributed by atoms with E-state index in [-0.39, 0.29) is 12.4 Å². The lowest BCUT2D eigenvalue weighted by Crippen LogP contribution is -3.00. The van der Waals surface area contributed by atoms with Crippen molar-refractivity contribution in [1.82, 2.24) is 4.98 Å². The van der Waals surface area contributed by atoms with E-state index in [2.05, 4.69) is 27.9 Å². The number of nitrogens with zero attached hydrogens (tertiary/aromatic N) is 1. The standard InChI is InChI=1S/C9H6N2S2.ClH/c1-2-8-9(12-13-11-8)7-5-10-4-3-6(1)7;/h1-5,11H;1H. The molecule has 2 heterocycles. The van der Waals surface area contributed by atoms with Crippen molar-refractivity contribution in [1.29, 1.82) is 0 Å². The van der Waals surface area contributed by atoms with Crippen LogP contribution in [0.5, 0.6) is 0 Å². The number of fused-ring (bicyclic) bond motifs is 3. The number of nitrogens with two attached hydrogens (primary N) is 1. The van der Waals surface area contributed by atoms with E-state index in [1.807, 2.05) is 23.2 Å². The third kappa shape index (κ3) is 1.48. The molecule has 0 fully saturated rings. The molecule has 0 atom stereocenters. The van der Waals surface area contributed by atoms with E-state index < -0.39 is 0 Å². The quantitative estimate of drug-likeness (QED) is 0.369. The summed E-state index contributed by atoms with van der Waals surface area (Å²) in [5.41, 5.74) is 1.33. The lowest BCUT2D eigenvalue weighted by atomic mass is 10.1. The molecule has 14 heavy (non-hydrogen) atoms. The van der Waals surface area contributed by atoms with Crippen molar-refractivity contribution in [3.63, 3.8) is 0 Å². The molecule has 0 saturated carbocycles. The third-order valence-electron chi connectivity index (χ3n) is 2.11. The Balaban J connectivity index is 0.000000750. The highest BCUT2D eigenvalue weighted by Crippen LogP contribution is 2.41. The Kier molecular flexibility index (Phi) is 2.88. The second-order valence-electron chi connectivity index (χ2n) is 2.88. The first-order chi connectivity index (χ1) is 6.45. The maximum absolute atomic E-state index is 4.15. The van der Waals surface area contributed by atoms with Gasteiger partial charge < -0.3 is 12.4 Å². The maximum Gasteiger partial charge on any atom is 0.157 e. The fourth-order valence-electron chi connectivity index (χ4n) is 1.46. The van der Waals surface area contributed by atoms with Crippen molar-refractivity contribution in [2.45, 2.75) is 4.90 Å². The highest BCUT2D eigenvalue weighted by molar-refractivity contribution is 8.74. The summed E-state index contributed by atoms with van der Waals surface area (Å²) >= 11 is 0. The highest BCUT2D eigenvalue weighted by Gasteiger charge is 2.19. The smallest absolute Gasteiger partial charge is 0.157 e. The molecule has 0 spiro atoms. The molecule has 1 aliphatic rings. The summed E-state index contributed by atoms with van der Waals surface area (Å²) in [7, 11) is 3.60.